The van der Waals surface area contributed by atoms with Gasteiger partial charge >= 0.3 is 0 Å². The largest absolute Gasteiger partial charge is 0.389 e. The number of hydrogen-bond donors (Lipinski definition) is 2. The van der Waals surface area contributed by atoms with Gasteiger partial charge in [0.1, 0.15) is 0 Å². The Bertz CT molecular complexity index is 523. The molecule has 0 aliphatic heterocycles. The number of rotatable bonds is 3. The normalized spacial score (nSPS) is 25.7. The molecular formula is C14H16ClNO2. The minimum absolute atomic E-state index is 0.157. The van der Waals surface area contributed by atoms with E-state index in [1.54, 1.807) is 25.1 Å². The number of benzene rings is 1. The van der Waals surface area contributed by atoms with E-state index in [4.69, 9.17) is 11.6 Å². The van der Waals surface area contributed by atoms with Crippen LogP contribution in [0.15, 0.2) is 24.8 Å². The molecule has 1 aromatic carbocycles. The Balaban J connectivity index is 2.13. The molecule has 3 nitrogen and oxygen atoms in total. The molecule has 2 N–H and O–H groups in total. The third kappa shape index (κ3) is 2.57. The van der Waals surface area contributed by atoms with Crippen molar-refractivity contribution in [3.63, 3.8) is 0 Å². The van der Waals surface area contributed by atoms with Crippen LogP contribution >= 0.6 is 11.6 Å². The Morgan fingerprint density at radius 1 is 1.61 bits per heavy atom. The zero-order chi connectivity index (χ0) is 13.5. The average molecular weight is 266 g/mol. The Morgan fingerprint density at radius 3 is 2.72 bits per heavy atom. The quantitative estimate of drug-likeness (QED) is 0.882. The van der Waals surface area contributed by atoms with Crippen LogP contribution in [0.4, 0.5) is 5.69 Å². The second kappa shape index (κ2) is 4.41. The predicted octanol–water partition coefficient (Wildman–Crippen LogP) is 3.08. The fourth-order valence-electron chi connectivity index (χ4n) is 1.89. The Morgan fingerprint density at radius 2 is 2.22 bits per heavy atom. The maximum Gasteiger partial charge on any atom is 0.230 e. The molecule has 0 aromatic heterocycles. The summed E-state index contributed by atoms with van der Waals surface area (Å²) in [6, 6.07) is 5.26. The van der Waals surface area contributed by atoms with E-state index >= 15 is 0 Å². The highest BCUT2D eigenvalue weighted by molar-refractivity contribution is 6.32. The lowest BCUT2D eigenvalue weighted by Gasteiger charge is -2.09. The second-order valence-electron chi connectivity index (χ2n) is 5.08. The standard InChI is InChI=1S/C14H16ClNO2/c1-8(2)10-6-9(4-5-12(10)15)16-13(17)11-7-14(11,3)18/h4-6,11,18H,1,7H2,2-3H3,(H,16,17). The van der Waals surface area contributed by atoms with E-state index in [1.165, 1.54) is 0 Å². The summed E-state index contributed by atoms with van der Waals surface area (Å²) in [5.41, 5.74) is 1.48. The van der Waals surface area contributed by atoms with Crippen LogP contribution in [0.3, 0.4) is 0 Å². The number of carbonyl (C=O) groups excluding carboxylic acids is 1. The summed E-state index contributed by atoms with van der Waals surface area (Å²) in [7, 11) is 0. The van der Waals surface area contributed by atoms with Gasteiger partial charge in [0, 0.05) is 10.7 Å². The van der Waals surface area contributed by atoms with Crippen LogP contribution in [0.25, 0.3) is 5.57 Å². The molecule has 1 aliphatic rings. The Labute approximate surface area is 111 Å². The van der Waals surface area contributed by atoms with Crippen molar-refractivity contribution in [2.45, 2.75) is 25.9 Å². The lowest BCUT2D eigenvalue weighted by Crippen LogP contribution is -2.19. The van der Waals surface area contributed by atoms with Crippen LogP contribution in [0.2, 0.25) is 5.02 Å². The first-order chi connectivity index (χ1) is 8.31. The van der Waals surface area contributed by atoms with Crippen LogP contribution in [0.1, 0.15) is 25.8 Å². The van der Waals surface area contributed by atoms with Crippen LogP contribution in [0.5, 0.6) is 0 Å². The van der Waals surface area contributed by atoms with E-state index in [9.17, 15) is 9.90 Å². The van der Waals surface area contributed by atoms with Crippen molar-refractivity contribution in [1.29, 1.82) is 0 Å². The van der Waals surface area contributed by atoms with Gasteiger partial charge in [0.25, 0.3) is 0 Å². The summed E-state index contributed by atoms with van der Waals surface area (Å²) < 4.78 is 0. The van der Waals surface area contributed by atoms with Crippen molar-refractivity contribution >= 4 is 28.8 Å². The maximum atomic E-state index is 11.8. The van der Waals surface area contributed by atoms with E-state index in [0.29, 0.717) is 17.1 Å². The number of aliphatic hydroxyl groups is 1. The second-order valence-corrected chi connectivity index (χ2v) is 5.49. The van der Waals surface area contributed by atoms with Crippen LogP contribution in [0, 0.1) is 5.92 Å². The first-order valence-electron chi connectivity index (χ1n) is 5.80. The molecule has 1 amide bonds. The van der Waals surface area contributed by atoms with Crippen molar-refractivity contribution < 1.29 is 9.90 Å². The first kappa shape index (κ1) is 13.1. The SMILES string of the molecule is C=C(C)c1cc(NC(=O)C2CC2(C)O)ccc1Cl. The molecule has 1 saturated carbocycles. The van der Waals surface area contributed by atoms with Gasteiger partial charge in [-0.25, -0.2) is 0 Å². The smallest absolute Gasteiger partial charge is 0.230 e. The molecule has 4 heteroatoms. The van der Waals surface area contributed by atoms with E-state index in [2.05, 4.69) is 11.9 Å². The van der Waals surface area contributed by atoms with Gasteiger partial charge in [-0.05, 0) is 49.6 Å². The molecule has 0 saturated heterocycles. The highest BCUT2D eigenvalue weighted by Crippen LogP contribution is 2.43. The van der Waals surface area contributed by atoms with Crippen molar-refractivity contribution in [2.24, 2.45) is 5.92 Å². The van der Waals surface area contributed by atoms with Gasteiger partial charge in [0.2, 0.25) is 5.91 Å². The molecule has 2 unspecified atom stereocenters. The van der Waals surface area contributed by atoms with Gasteiger partial charge in [-0.1, -0.05) is 18.2 Å². The van der Waals surface area contributed by atoms with Crippen LogP contribution in [-0.2, 0) is 4.79 Å². The zero-order valence-electron chi connectivity index (χ0n) is 10.5. The molecule has 0 heterocycles. The summed E-state index contributed by atoms with van der Waals surface area (Å²) in [6.45, 7) is 7.36. The minimum Gasteiger partial charge on any atom is -0.389 e. The molecule has 0 spiro atoms. The molecule has 0 radical (unpaired) electrons. The molecule has 1 aliphatic carbocycles. The number of anilines is 1. The van der Waals surface area contributed by atoms with Crippen LogP contribution < -0.4 is 5.32 Å². The molecular weight excluding hydrogens is 250 g/mol. The van der Waals surface area contributed by atoms with Crippen molar-refractivity contribution in [1.82, 2.24) is 0 Å². The van der Waals surface area contributed by atoms with Gasteiger partial charge < -0.3 is 10.4 Å². The van der Waals surface area contributed by atoms with E-state index in [1.807, 2.05) is 6.92 Å². The van der Waals surface area contributed by atoms with Crippen LogP contribution in [-0.4, -0.2) is 16.6 Å². The van der Waals surface area contributed by atoms with E-state index in [-0.39, 0.29) is 11.8 Å². The number of halogens is 1. The molecule has 96 valence electrons. The molecule has 18 heavy (non-hydrogen) atoms. The summed E-state index contributed by atoms with van der Waals surface area (Å²) in [5.74, 6) is -0.476. The fourth-order valence-corrected chi connectivity index (χ4v) is 2.17. The maximum absolute atomic E-state index is 11.8. The first-order valence-corrected chi connectivity index (χ1v) is 6.18. The lowest BCUT2D eigenvalue weighted by molar-refractivity contribution is -0.118. The summed E-state index contributed by atoms with van der Waals surface area (Å²) in [4.78, 5) is 11.8. The van der Waals surface area contributed by atoms with Crippen molar-refractivity contribution in [3.05, 3.63) is 35.4 Å². The predicted molar refractivity (Wildman–Crippen MR) is 73.5 cm³/mol. The highest BCUT2D eigenvalue weighted by Gasteiger charge is 2.53. The number of nitrogens with one attached hydrogen (secondary N) is 1. The average Bonchev–Trinajstić information content (AvgIpc) is 2.90. The van der Waals surface area contributed by atoms with Crippen molar-refractivity contribution in [2.75, 3.05) is 5.32 Å². The van der Waals surface area contributed by atoms with Gasteiger partial charge in [-0.2, -0.15) is 0 Å². The van der Waals surface area contributed by atoms with Gasteiger partial charge in [0.05, 0.1) is 11.5 Å². The van der Waals surface area contributed by atoms with Gasteiger partial charge in [-0.15, -0.1) is 0 Å². The highest BCUT2D eigenvalue weighted by atomic mass is 35.5. The van der Waals surface area contributed by atoms with Gasteiger partial charge in [0.15, 0.2) is 0 Å². The molecule has 2 rings (SSSR count). The van der Waals surface area contributed by atoms with E-state index in [0.717, 1.165) is 11.1 Å². The fraction of sp³-hybridized carbons (Fsp3) is 0.357. The Kier molecular flexibility index (Phi) is 3.21. The van der Waals surface area contributed by atoms with Crippen molar-refractivity contribution in [3.8, 4) is 0 Å². The monoisotopic (exact) mass is 265 g/mol. The Hall–Kier alpha value is -1.32. The third-order valence-electron chi connectivity index (χ3n) is 3.22. The molecule has 1 fully saturated rings. The van der Waals surface area contributed by atoms with Gasteiger partial charge in [-0.3, -0.25) is 4.79 Å². The minimum atomic E-state index is -0.853. The zero-order valence-corrected chi connectivity index (χ0v) is 11.2. The third-order valence-corrected chi connectivity index (χ3v) is 3.55. The number of amides is 1. The topological polar surface area (TPSA) is 49.3 Å². The number of carbonyl (C=O) groups is 1. The molecule has 1 aromatic rings. The molecule has 2 atom stereocenters. The van der Waals surface area contributed by atoms with E-state index < -0.39 is 5.60 Å². The lowest BCUT2D eigenvalue weighted by atomic mass is 10.1. The number of allylic oxidation sites excluding steroid dienone is 1. The summed E-state index contributed by atoms with van der Waals surface area (Å²) in [5, 5.41) is 13.0. The molecule has 0 bridgehead atoms. The number of hydrogen-bond acceptors (Lipinski definition) is 2. The summed E-state index contributed by atoms with van der Waals surface area (Å²) in [6.07, 6.45) is 0.514. The summed E-state index contributed by atoms with van der Waals surface area (Å²) >= 11 is 6.03.